The third-order valence-electron chi connectivity index (χ3n) is 3.92. The van der Waals surface area contributed by atoms with Gasteiger partial charge in [-0.25, -0.2) is 0 Å². The molecular formula is C18H26Cl2N2O. The lowest BCUT2D eigenvalue weighted by Gasteiger charge is -2.35. The summed E-state index contributed by atoms with van der Waals surface area (Å²) in [5.74, 6) is 1.40. The van der Waals surface area contributed by atoms with E-state index in [0.29, 0.717) is 29.1 Å². The van der Waals surface area contributed by atoms with Crippen LogP contribution in [-0.4, -0.2) is 24.6 Å². The Labute approximate surface area is 149 Å². The van der Waals surface area contributed by atoms with Crippen molar-refractivity contribution in [3.63, 3.8) is 0 Å². The molecule has 0 radical (unpaired) electrons. The minimum absolute atomic E-state index is 0.452. The summed E-state index contributed by atoms with van der Waals surface area (Å²) in [4.78, 5) is 2.30. The van der Waals surface area contributed by atoms with Crippen LogP contribution in [0, 0.1) is 5.92 Å². The van der Waals surface area contributed by atoms with Crippen LogP contribution in [0.5, 0.6) is 0 Å². The number of unbranched alkanes of at least 4 members (excludes halogenated alkanes) is 1. The topological polar surface area (TPSA) is 38.5 Å². The first-order valence-electron chi connectivity index (χ1n) is 8.27. The molecule has 0 amide bonds. The van der Waals surface area contributed by atoms with E-state index in [4.69, 9.17) is 33.7 Å². The highest BCUT2D eigenvalue weighted by atomic mass is 35.5. The van der Waals surface area contributed by atoms with E-state index in [1.54, 1.807) is 0 Å². The summed E-state index contributed by atoms with van der Waals surface area (Å²) in [5, 5.41) is 1.13. The molecule has 5 heteroatoms. The molecule has 0 unspecified atom stereocenters. The lowest BCUT2D eigenvalue weighted by molar-refractivity contribution is 0.232. The Kier molecular flexibility index (Phi) is 6.63. The van der Waals surface area contributed by atoms with E-state index >= 15 is 0 Å². The van der Waals surface area contributed by atoms with Gasteiger partial charge in [0.05, 0.1) is 22.3 Å². The van der Waals surface area contributed by atoms with Crippen molar-refractivity contribution < 1.29 is 4.74 Å². The maximum absolute atomic E-state index is 6.23. The second kappa shape index (κ2) is 8.27. The molecule has 0 aliphatic carbocycles. The summed E-state index contributed by atoms with van der Waals surface area (Å²) < 4.78 is 6.12. The molecule has 1 aliphatic heterocycles. The van der Waals surface area contributed by atoms with Gasteiger partial charge in [0.15, 0.2) is 0 Å². The number of halogens is 2. The maximum Gasteiger partial charge on any atom is 0.147 e. The monoisotopic (exact) mass is 356 g/mol. The fourth-order valence-electron chi connectivity index (χ4n) is 2.85. The van der Waals surface area contributed by atoms with Crippen molar-refractivity contribution in [1.29, 1.82) is 0 Å². The molecule has 0 aromatic heterocycles. The van der Waals surface area contributed by atoms with Crippen molar-refractivity contribution in [2.45, 2.75) is 40.2 Å². The van der Waals surface area contributed by atoms with Gasteiger partial charge in [0.1, 0.15) is 5.76 Å². The molecule has 1 aromatic rings. The van der Waals surface area contributed by atoms with Gasteiger partial charge in [0.2, 0.25) is 0 Å². The first kappa shape index (κ1) is 18.4. The van der Waals surface area contributed by atoms with E-state index in [9.17, 15) is 0 Å². The largest absolute Gasteiger partial charge is 0.491 e. The number of benzene rings is 1. The van der Waals surface area contributed by atoms with Crippen molar-refractivity contribution in [2.75, 3.05) is 19.7 Å². The van der Waals surface area contributed by atoms with Crippen LogP contribution >= 0.6 is 23.2 Å². The number of hydrogen-bond acceptors (Lipinski definition) is 3. The SMILES string of the molecule is CCCCOC1=C(CN)N(CC(C)C)Cc2cc(Cl)c(Cl)cc21. The first-order valence-corrected chi connectivity index (χ1v) is 9.02. The normalized spacial score (nSPS) is 14.5. The van der Waals surface area contributed by atoms with E-state index in [1.807, 2.05) is 12.1 Å². The minimum atomic E-state index is 0.452. The molecule has 0 spiro atoms. The van der Waals surface area contributed by atoms with Gasteiger partial charge in [0, 0.05) is 25.2 Å². The third kappa shape index (κ3) is 4.34. The Bertz CT molecular complexity index is 585. The van der Waals surface area contributed by atoms with Crippen molar-refractivity contribution in [3.8, 4) is 0 Å². The van der Waals surface area contributed by atoms with Gasteiger partial charge in [-0.3, -0.25) is 0 Å². The summed E-state index contributed by atoms with van der Waals surface area (Å²) in [7, 11) is 0. The molecule has 128 valence electrons. The Morgan fingerprint density at radius 3 is 2.57 bits per heavy atom. The van der Waals surface area contributed by atoms with Crippen LogP contribution in [0.1, 0.15) is 44.7 Å². The van der Waals surface area contributed by atoms with Crippen molar-refractivity contribution >= 4 is 29.0 Å². The number of fused-ring (bicyclic) bond motifs is 1. The average Bonchev–Trinajstić information content (AvgIpc) is 2.49. The molecule has 1 heterocycles. The van der Waals surface area contributed by atoms with Gasteiger partial charge in [-0.15, -0.1) is 0 Å². The average molecular weight is 357 g/mol. The number of rotatable bonds is 7. The van der Waals surface area contributed by atoms with Crippen LogP contribution in [0.3, 0.4) is 0 Å². The zero-order valence-electron chi connectivity index (χ0n) is 14.2. The molecule has 2 rings (SSSR count). The Morgan fingerprint density at radius 1 is 1.26 bits per heavy atom. The quantitative estimate of drug-likeness (QED) is 0.705. The van der Waals surface area contributed by atoms with E-state index in [1.165, 1.54) is 0 Å². The van der Waals surface area contributed by atoms with Crippen LogP contribution in [0.4, 0.5) is 0 Å². The number of hydrogen-bond donors (Lipinski definition) is 1. The second-order valence-electron chi connectivity index (χ2n) is 6.38. The zero-order chi connectivity index (χ0) is 17.0. The van der Waals surface area contributed by atoms with Gasteiger partial charge in [-0.1, -0.05) is 50.4 Å². The smallest absolute Gasteiger partial charge is 0.147 e. The van der Waals surface area contributed by atoms with Crippen molar-refractivity contribution in [3.05, 3.63) is 39.0 Å². The Balaban J connectivity index is 2.46. The number of nitrogens with zero attached hydrogens (tertiary/aromatic N) is 1. The summed E-state index contributed by atoms with van der Waals surface area (Å²) in [5.41, 5.74) is 9.27. The van der Waals surface area contributed by atoms with Crippen LogP contribution in [0.2, 0.25) is 10.0 Å². The van der Waals surface area contributed by atoms with E-state index in [2.05, 4.69) is 25.7 Å². The highest BCUT2D eigenvalue weighted by Crippen LogP contribution is 2.37. The standard InChI is InChI=1S/C18H26Cl2N2O/c1-4-5-6-23-18-14-8-16(20)15(19)7-13(14)11-22(10-12(2)3)17(18)9-21/h7-8,12H,4-6,9-11,21H2,1-3H3. The van der Waals surface area contributed by atoms with Crippen LogP contribution in [-0.2, 0) is 11.3 Å². The molecule has 0 fully saturated rings. The van der Waals surface area contributed by atoms with Crippen molar-refractivity contribution in [2.24, 2.45) is 11.7 Å². The molecule has 1 aliphatic rings. The predicted octanol–water partition coefficient (Wildman–Crippen LogP) is 4.91. The van der Waals surface area contributed by atoms with Gasteiger partial charge < -0.3 is 15.4 Å². The van der Waals surface area contributed by atoms with Gasteiger partial charge in [-0.2, -0.15) is 0 Å². The molecule has 2 N–H and O–H groups in total. The summed E-state index contributed by atoms with van der Waals surface area (Å²) in [6, 6.07) is 3.85. The fraction of sp³-hybridized carbons (Fsp3) is 0.556. The molecule has 0 saturated heterocycles. The van der Waals surface area contributed by atoms with Crippen molar-refractivity contribution in [1.82, 2.24) is 4.90 Å². The van der Waals surface area contributed by atoms with Gasteiger partial charge in [0.25, 0.3) is 0 Å². The second-order valence-corrected chi connectivity index (χ2v) is 7.19. The molecule has 0 bridgehead atoms. The summed E-state index contributed by atoms with van der Waals surface area (Å²) in [6.45, 7) is 9.42. The van der Waals surface area contributed by atoms with E-state index in [-0.39, 0.29) is 0 Å². The Morgan fingerprint density at radius 2 is 1.96 bits per heavy atom. The molecule has 0 saturated carbocycles. The molecule has 1 aromatic carbocycles. The number of nitrogens with two attached hydrogens (primary N) is 1. The van der Waals surface area contributed by atoms with E-state index < -0.39 is 0 Å². The first-order chi connectivity index (χ1) is 11.0. The summed E-state index contributed by atoms with van der Waals surface area (Å²) in [6.07, 6.45) is 2.11. The van der Waals surface area contributed by atoms with Crippen LogP contribution in [0.15, 0.2) is 17.8 Å². The highest BCUT2D eigenvalue weighted by molar-refractivity contribution is 6.42. The molecular weight excluding hydrogens is 331 g/mol. The predicted molar refractivity (Wildman–Crippen MR) is 98.5 cm³/mol. The number of ether oxygens (including phenoxy) is 1. The molecule has 0 atom stereocenters. The molecule has 3 nitrogen and oxygen atoms in total. The maximum atomic E-state index is 6.23. The third-order valence-corrected chi connectivity index (χ3v) is 4.64. The lowest BCUT2D eigenvalue weighted by atomic mass is 9.98. The minimum Gasteiger partial charge on any atom is -0.491 e. The highest BCUT2D eigenvalue weighted by Gasteiger charge is 2.26. The Hall–Kier alpha value is -0.900. The fourth-order valence-corrected chi connectivity index (χ4v) is 3.20. The van der Waals surface area contributed by atoms with Crippen LogP contribution in [0.25, 0.3) is 5.76 Å². The van der Waals surface area contributed by atoms with E-state index in [0.717, 1.165) is 48.5 Å². The van der Waals surface area contributed by atoms with Crippen LogP contribution < -0.4 is 5.73 Å². The van der Waals surface area contributed by atoms with Gasteiger partial charge in [-0.05, 0) is 30.0 Å². The van der Waals surface area contributed by atoms with Gasteiger partial charge >= 0.3 is 0 Å². The lowest BCUT2D eigenvalue weighted by Crippen LogP contribution is -2.34. The molecule has 23 heavy (non-hydrogen) atoms. The summed E-state index contributed by atoms with van der Waals surface area (Å²) >= 11 is 12.4. The zero-order valence-corrected chi connectivity index (χ0v) is 15.7.